The lowest BCUT2D eigenvalue weighted by atomic mass is 10.5. The number of hydrogen-bond acceptors (Lipinski definition) is 6. The molecule has 0 atom stereocenters. The van der Waals surface area contributed by atoms with E-state index in [1.165, 1.54) is 12.3 Å². The van der Waals surface area contributed by atoms with E-state index in [-0.39, 0.29) is 10.7 Å². The minimum Gasteiger partial charge on any atom is -0.307 e. The Hall–Kier alpha value is -1.22. The van der Waals surface area contributed by atoms with Crippen molar-refractivity contribution in [1.82, 2.24) is 14.6 Å². The maximum atomic E-state index is 12.0. The summed E-state index contributed by atoms with van der Waals surface area (Å²) < 4.78 is 26.5. The Kier molecular flexibility index (Phi) is 5.48. The van der Waals surface area contributed by atoms with Gasteiger partial charge in [0.15, 0.2) is 5.82 Å². The molecular weight excluding hydrogens is 254 g/mol. The smallest absolute Gasteiger partial charge is 0.244 e. The van der Waals surface area contributed by atoms with Crippen LogP contribution in [0.1, 0.15) is 6.92 Å². The number of pyridine rings is 1. The summed E-state index contributed by atoms with van der Waals surface area (Å²) in [6.45, 7) is 3.85. The van der Waals surface area contributed by atoms with E-state index in [2.05, 4.69) is 15.1 Å². The number of aromatic nitrogens is 1. The highest BCUT2D eigenvalue weighted by molar-refractivity contribution is 7.89. The molecule has 8 heteroatoms. The summed E-state index contributed by atoms with van der Waals surface area (Å²) in [6.07, 6.45) is 1.47. The van der Waals surface area contributed by atoms with Gasteiger partial charge in [-0.1, -0.05) is 6.92 Å². The average molecular weight is 273 g/mol. The van der Waals surface area contributed by atoms with Crippen LogP contribution in [0.5, 0.6) is 0 Å². The molecule has 0 saturated carbocycles. The molecule has 0 bridgehead atoms. The predicted octanol–water partition coefficient (Wildman–Crippen LogP) is -0.403. The molecule has 1 aromatic heterocycles. The van der Waals surface area contributed by atoms with Gasteiger partial charge in [0.25, 0.3) is 0 Å². The number of rotatable bonds is 7. The third-order valence-corrected chi connectivity index (χ3v) is 4.01. The summed E-state index contributed by atoms with van der Waals surface area (Å²) in [4.78, 5) is 5.91. The van der Waals surface area contributed by atoms with Gasteiger partial charge in [-0.2, -0.15) is 0 Å². The first kappa shape index (κ1) is 14.8. The number of likely N-dealkylation sites (N-methyl/N-ethyl adjacent to an activating group) is 1. The SMILES string of the molecule is CCN(C)CCNS(=O)(=O)c1cccnc1NN. The highest BCUT2D eigenvalue weighted by atomic mass is 32.2. The van der Waals surface area contributed by atoms with Crippen molar-refractivity contribution in [3.05, 3.63) is 18.3 Å². The highest BCUT2D eigenvalue weighted by Gasteiger charge is 2.18. The number of nitrogens with two attached hydrogens (primary N) is 1. The molecule has 0 saturated heterocycles. The molecule has 102 valence electrons. The number of nitrogens with zero attached hydrogens (tertiary/aromatic N) is 2. The topological polar surface area (TPSA) is 100 Å². The second kappa shape index (κ2) is 6.64. The summed E-state index contributed by atoms with van der Waals surface area (Å²) in [5.74, 6) is 5.37. The van der Waals surface area contributed by atoms with Crippen LogP contribution < -0.4 is 16.0 Å². The van der Waals surface area contributed by atoms with Crippen LogP contribution in [0.25, 0.3) is 0 Å². The van der Waals surface area contributed by atoms with Gasteiger partial charge in [0.1, 0.15) is 4.90 Å². The molecule has 0 spiro atoms. The van der Waals surface area contributed by atoms with E-state index in [9.17, 15) is 8.42 Å². The number of hydrazine groups is 1. The van der Waals surface area contributed by atoms with Crippen LogP contribution in [-0.2, 0) is 10.0 Å². The van der Waals surface area contributed by atoms with E-state index in [4.69, 9.17) is 5.84 Å². The molecular formula is C10H19N5O2S. The molecule has 0 unspecified atom stereocenters. The first-order chi connectivity index (χ1) is 8.51. The van der Waals surface area contributed by atoms with E-state index in [1.807, 2.05) is 18.9 Å². The second-order valence-electron chi connectivity index (χ2n) is 3.79. The molecule has 18 heavy (non-hydrogen) atoms. The van der Waals surface area contributed by atoms with Gasteiger partial charge in [-0.15, -0.1) is 0 Å². The molecule has 7 nitrogen and oxygen atoms in total. The molecule has 0 aliphatic rings. The summed E-state index contributed by atoms with van der Waals surface area (Å²) in [5, 5.41) is 0. The van der Waals surface area contributed by atoms with E-state index >= 15 is 0 Å². The molecule has 0 aliphatic heterocycles. The van der Waals surface area contributed by atoms with Crippen molar-refractivity contribution in [2.75, 3.05) is 32.1 Å². The first-order valence-electron chi connectivity index (χ1n) is 5.61. The summed E-state index contributed by atoms with van der Waals surface area (Å²) in [7, 11) is -1.67. The molecule has 1 rings (SSSR count). The molecule has 1 heterocycles. The van der Waals surface area contributed by atoms with Crippen molar-refractivity contribution < 1.29 is 8.42 Å². The van der Waals surface area contributed by atoms with Gasteiger partial charge in [0, 0.05) is 19.3 Å². The lowest BCUT2D eigenvalue weighted by molar-refractivity contribution is 0.358. The molecule has 0 aromatic carbocycles. The maximum absolute atomic E-state index is 12.0. The van der Waals surface area contributed by atoms with Crippen molar-refractivity contribution in [1.29, 1.82) is 0 Å². The molecule has 0 aliphatic carbocycles. The van der Waals surface area contributed by atoms with Gasteiger partial charge >= 0.3 is 0 Å². The van der Waals surface area contributed by atoms with E-state index < -0.39 is 10.0 Å². The van der Waals surface area contributed by atoms with Crippen molar-refractivity contribution >= 4 is 15.8 Å². The molecule has 0 amide bonds. The Labute approximate surface area is 107 Å². The Morgan fingerprint density at radius 3 is 2.83 bits per heavy atom. The van der Waals surface area contributed by atoms with Gasteiger partial charge in [-0.3, -0.25) is 0 Å². The minimum atomic E-state index is -3.59. The van der Waals surface area contributed by atoms with Crippen molar-refractivity contribution in [2.24, 2.45) is 5.84 Å². The standard InChI is InChI=1S/C10H19N5O2S/c1-3-15(2)8-7-13-18(16,17)9-5-4-6-12-10(9)14-11/h4-6,13H,3,7-8,11H2,1-2H3,(H,12,14). The van der Waals surface area contributed by atoms with Gasteiger partial charge in [-0.05, 0) is 25.7 Å². The quantitative estimate of drug-likeness (QED) is 0.461. The fraction of sp³-hybridized carbons (Fsp3) is 0.500. The molecule has 4 N–H and O–H groups in total. The van der Waals surface area contributed by atoms with Crippen molar-refractivity contribution in [3.63, 3.8) is 0 Å². The van der Waals surface area contributed by atoms with E-state index in [0.717, 1.165) is 6.54 Å². The van der Waals surface area contributed by atoms with Crippen LogP contribution in [-0.4, -0.2) is 45.0 Å². The second-order valence-corrected chi connectivity index (χ2v) is 5.52. The Morgan fingerprint density at radius 2 is 2.22 bits per heavy atom. The zero-order valence-electron chi connectivity index (χ0n) is 10.5. The molecule has 0 radical (unpaired) electrons. The molecule has 0 fully saturated rings. The summed E-state index contributed by atoms with van der Waals surface area (Å²) in [5.41, 5.74) is 2.27. The third kappa shape index (κ3) is 3.91. The van der Waals surface area contributed by atoms with Gasteiger partial charge in [0.2, 0.25) is 10.0 Å². The number of sulfonamides is 1. The minimum absolute atomic E-state index is 0.0478. The highest BCUT2D eigenvalue weighted by Crippen LogP contribution is 2.16. The predicted molar refractivity (Wildman–Crippen MR) is 70.4 cm³/mol. The van der Waals surface area contributed by atoms with Crippen LogP contribution in [0.15, 0.2) is 23.2 Å². The lowest BCUT2D eigenvalue weighted by Crippen LogP contribution is -2.33. The van der Waals surface area contributed by atoms with Crippen LogP contribution in [0.4, 0.5) is 5.82 Å². The molecule has 1 aromatic rings. The third-order valence-electron chi connectivity index (χ3n) is 2.52. The summed E-state index contributed by atoms with van der Waals surface area (Å²) in [6, 6.07) is 3.00. The zero-order chi connectivity index (χ0) is 13.6. The largest absolute Gasteiger partial charge is 0.307 e. The number of nitrogen functional groups attached to an aromatic ring is 1. The van der Waals surface area contributed by atoms with Crippen molar-refractivity contribution in [2.45, 2.75) is 11.8 Å². The van der Waals surface area contributed by atoms with Gasteiger partial charge in [0.05, 0.1) is 0 Å². The summed E-state index contributed by atoms with van der Waals surface area (Å²) >= 11 is 0. The Bertz CT molecular complexity index is 477. The maximum Gasteiger partial charge on any atom is 0.244 e. The lowest BCUT2D eigenvalue weighted by Gasteiger charge is -2.14. The van der Waals surface area contributed by atoms with E-state index in [1.54, 1.807) is 6.07 Å². The monoisotopic (exact) mass is 273 g/mol. The fourth-order valence-corrected chi connectivity index (χ4v) is 2.46. The number of nitrogens with one attached hydrogen (secondary N) is 2. The first-order valence-corrected chi connectivity index (χ1v) is 7.09. The Morgan fingerprint density at radius 1 is 1.50 bits per heavy atom. The average Bonchev–Trinajstić information content (AvgIpc) is 2.38. The number of anilines is 1. The van der Waals surface area contributed by atoms with Gasteiger partial charge in [-0.25, -0.2) is 24.0 Å². The van der Waals surface area contributed by atoms with Crippen LogP contribution in [0.3, 0.4) is 0 Å². The normalized spacial score (nSPS) is 11.8. The van der Waals surface area contributed by atoms with Crippen LogP contribution in [0.2, 0.25) is 0 Å². The fourth-order valence-electron chi connectivity index (χ4n) is 1.32. The number of hydrogen-bond donors (Lipinski definition) is 3. The Balaban J connectivity index is 2.74. The zero-order valence-corrected chi connectivity index (χ0v) is 11.4. The van der Waals surface area contributed by atoms with Crippen molar-refractivity contribution in [3.8, 4) is 0 Å². The van der Waals surface area contributed by atoms with E-state index in [0.29, 0.717) is 13.1 Å². The van der Waals surface area contributed by atoms with Gasteiger partial charge < -0.3 is 10.3 Å². The van der Waals surface area contributed by atoms with Crippen LogP contribution >= 0.6 is 0 Å². The van der Waals surface area contributed by atoms with Crippen LogP contribution in [0, 0.1) is 0 Å².